The van der Waals surface area contributed by atoms with Crippen molar-refractivity contribution in [3.05, 3.63) is 53.6 Å². The van der Waals surface area contributed by atoms with Gasteiger partial charge in [0.2, 0.25) is 0 Å². The van der Waals surface area contributed by atoms with Crippen LogP contribution in [-0.2, 0) is 4.74 Å². The third-order valence-electron chi connectivity index (χ3n) is 4.14. The van der Waals surface area contributed by atoms with Gasteiger partial charge in [-0.25, -0.2) is 4.79 Å². The van der Waals surface area contributed by atoms with E-state index in [9.17, 15) is 4.79 Å². The Balaban J connectivity index is 1.94. The first-order valence-corrected chi connectivity index (χ1v) is 7.88. The van der Waals surface area contributed by atoms with Crippen molar-refractivity contribution in [2.75, 3.05) is 6.61 Å². The summed E-state index contributed by atoms with van der Waals surface area (Å²) in [6.45, 7) is 4.88. The summed E-state index contributed by atoms with van der Waals surface area (Å²) >= 11 is 0. The molecule has 0 saturated heterocycles. The number of carbonyl (C=O) groups excluding carboxylic acids is 1. The Morgan fingerprint density at radius 3 is 2.74 bits per heavy atom. The molecule has 3 rings (SSSR count). The zero-order chi connectivity index (χ0) is 16.4. The minimum Gasteiger partial charge on any atom is -0.493 e. The van der Waals surface area contributed by atoms with Crippen LogP contribution >= 0.6 is 0 Å². The van der Waals surface area contributed by atoms with Crippen LogP contribution in [0.25, 0.3) is 11.1 Å². The summed E-state index contributed by atoms with van der Waals surface area (Å²) in [7, 11) is 0. The second-order valence-corrected chi connectivity index (χ2v) is 6.10. The summed E-state index contributed by atoms with van der Waals surface area (Å²) in [6, 6.07) is 14.5. The summed E-state index contributed by atoms with van der Waals surface area (Å²) < 4.78 is 10.9. The molecule has 0 aliphatic carbocycles. The number of hydrogen-bond acceptors (Lipinski definition) is 3. The first-order valence-electron chi connectivity index (χ1n) is 7.88. The van der Waals surface area contributed by atoms with Crippen molar-refractivity contribution in [1.82, 2.24) is 0 Å². The SMILES string of the molecule is CC(C)c1cccc(-c2ccc3c(c2)OCCC3OC(N)=O)c1. The van der Waals surface area contributed by atoms with E-state index in [-0.39, 0.29) is 6.10 Å². The molecule has 1 atom stereocenters. The number of benzene rings is 2. The average Bonchev–Trinajstić information content (AvgIpc) is 2.54. The molecule has 2 aromatic rings. The van der Waals surface area contributed by atoms with Gasteiger partial charge in [-0.05, 0) is 28.7 Å². The molecule has 0 spiro atoms. The molecule has 1 aliphatic heterocycles. The number of nitrogens with two attached hydrogens (primary N) is 1. The third kappa shape index (κ3) is 3.31. The molecule has 4 nitrogen and oxygen atoms in total. The van der Waals surface area contributed by atoms with Crippen LogP contribution in [0, 0.1) is 0 Å². The maximum Gasteiger partial charge on any atom is 0.405 e. The van der Waals surface area contributed by atoms with E-state index in [0.29, 0.717) is 18.9 Å². The zero-order valence-corrected chi connectivity index (χ0v) is 13.4. The number of carbonyl (C=O) groups is 1. The van der Waals surface area contributed by atoms with Crippen molar-refractivity contribution in [3.8, 4) is 16.9 Å². The molecular weight excluding hydrogens is 290 g/mol. The van der Waals surface area contributed by atoms with Crippen LogP contribution in [0.1, 0.15) is 43.4 Å². The molecule has 1 heterocycles. The van der Waals surface area contributed by atoms with Crippen LogP contribution in [0.4, 0.5) is 4.79 Å². The fourth-order valence-corrected chi connectivity index (χ4v) is 2.88. The van der Waals surface area contributed by atoms with E-state index < -0.39 is 6.09 Å². The Morgan fingerprint density at radius 1 is 1.22 bits per heavy atom. The Morgan fingerprint density at radius 2 is 2.00 bits per heavy atom. The number of amides is 1. The van der Waals surface area contributed by atoms with Gasteiger partial charge in [0.25, 0.3) is 0 Å². The van der Waals surface area contributed by atoms with Crippen LogP contribution in [0.5, 0.6) is 5.75 Å². The van der Waals surface area contributed by atoms with Crippen LogP contribution < -0.4 is 10.5 Å². The molecule has 1 unspecified atom stereocenters. The second-order valence-electron chi connectivity index (χ2n) is 6.10. The highest BCUT2D eigenvalue weighted by Gasteiger charge is 2.24. The second kappa shape index (κ2) is 6.32. The molecule has 2 N–H and O–H groups in total. The molecule has 23 heavy (non-hydrogen) atoms. The van der Waals surface area contributed by atoms with Crippen LogP contribution in [-0.4, -0.2) is 12.7 Å². The lowest BCUT2D eigenvalue weighted by Crippen LogP contribution is -2.22. The topological polar surface area (TPSA) is 61.6 Å². The van der Waals surface area contributed by atoms with Gasteiger partial charge in [0.15, 0.2) is 0 Å². The molecule has 120 valence electrons. The molecule has 0 radical (unpaired) electrons. The first kappa shape index (κ1) is 15.4. The minimum atomic E-state index is -0.753. The summed E-state index contributed by atoms with van der Waals surface area (Å²) in [5, 5.41) is 0. The molecule has 0 fully saturated rings. The monoisotopic (exact) mass is 311 g/mol. The Kier molecular flexibility index (Phi) is 4.24. The van der Waals surface area contributed by atoms with Gasteiger partial charge in [0.05, 0.1) is 6.61 Å². The summed E-state index contributed by atoms with van der Waals surface area (Å²) in [4.78, 5) is 11.0. The van der Waals surface area contributed by atoms with Gasteiger partial charge in [-0.3, -0.25) is 0 Å². The Hall–Kier alpha value is -2.49. The lowest BCUT2D eigenvalue weighted by molar-refractivity contribution is 0.0766. The lowest BCUT2D eigenvalue weighted by atomic mass is 9.95. The van der Waals surface area contributed by atoms with Gasteiger partial charge in [-0.1, -0.05) is 50.2 Å². The predicted octanol–water partition coefficient (Wildman–Crippen LogP) is 4.40. The Labute approximate surface area is 136 Å². The van der Waals surface area contributed by atoms with Gasteiger partial charge in [-0.15, -0.1) is 0 Å². The molecule has 1 aliphatic rings. The zero-order valence-electron chi connectivity index (χ0n) is 13.4. The van der Waals surface area contributed by atoms with E-state index in [1.807, 2.05) is 18.2 Å². The van der Waals surface area contributed by atoms with Crippen molar-refractivity contribution >= 4 is 6.09 Å². The van der Waals surface area contributed by atoms with E-state index >= 15 is 0 Å². The molecule has 2 aromatic carbocycles. The van der Waals surface area contributed by atoms with E-state index in [2.05, 4.69) is 38.1 Å². The maximum absolute atomic E-state index is 11.0. The number of hydrogen-bond donors (Lipinski definition) is 1. The highest BCUT2D eigenvalue weighted by molar-refractivity contribution is 5.68. The van der Waals surface area contributed by atoms with Crippen LogP contribution in [0.3, 0.4) is 0 Å². The number of primary amides is 1. The standard InChI is InChI=1S/C19H21NO3/c1-12(2)13-4-3-5-14(10-13)15-6-7-16-17(23-19(20)21)8-9-22-18(16)11-15/h3-7,10-12,17H,8-9H2,1-2H3,(H2,20,21). The van der Waals surface area contributed by atoms with E-state index in [1.165, 1.54) is 5.56 Å². The summed E-state index contributed by atoms with van der Waals surface area (Å²) in [6.07, 6.45) is -0.457. The van der Waals surface area contributed by atoms with Crippen molar-refractivity contribution in [1.29, 1.82) is 0 Å². The fraction of sp³-hybridized carbons (Fsp3) is 0.316. The van der Waals surface area contributed by atoms with E-state index in [0.717, 1.165) is 22.4 Å². The maximum atomic E-state index is 11.0. The van der Waals surface area contributed by atoms with Gasteiger partial charge in [0.1, 0.15) is 11.9 Å². The quantitative estimate of drug-likeness (QED) is 0.914. The van der Waals surface area contributed by atoms with Crippen LogP contribution in [0.2, 0.25) is 0 Å². The van der Waals surface area contributed by atoms with E-state index in [4.69, 9.17) is 15.2 Å². The molecule has 0 bridgehead atoms. The first-order chi connectivity index (χ1) is 11.0. The largest absolute Gasteiger partial charge is 0.493 e. The van der Waals surface area contributed by atoms with Crippen molar-refractivity contribution in [3.63, 3.8) is 0 Å². The number of ether oxygens (including phenoxy) is 2. The number of rotatable bonds is 3. The predicted molar refractivity (Wildman–Crippen MR) is 89.5 cm³/mol. The molecule has 4 heteroatoms. The minimum absolute atomic E-state index is 0.327. The van der Waals surface area contributed by atoms with Gasteiger partial charge < -0.3 is 15.2 Å². The molecule has 0 aromatic heterocycles. The third-order valence-corrected chi connectivity index (χ3v) is 4.14. The smallest absolute Gasteiger partial charge is 0.405 e. The van der Waals surface area contributed by atoms with Crippen LogP contribution in [0.15, 0.2) is 42.5 Å². The van der Waals surface area contributed by atoms with E-state index in [1.54, 1.807) is 0 Å². The normalized spacial score (nSPS) is 16.6. The molecular formula is C19H21NO3. The average molecular weight is 311 g/mol. The lowest BCUT2D eigenvalue weighted by Gasteiger charge is -2.25. The number of fused-ring (bicyclic) bond motifs is 1. The summed E-state index contributed by atoms with van der Waals surface area (Å²) in [5.41, 5.74) is 9.56. The highest BCUT2D eigenvalue weighted by atomic mass is 16.6. The summed E-state index contributed by atoms with van der Waals surface area (Å²) in [5.74, 6) is 1.24. The van der Waals surface area contributed by atoms with Crippen molar-refractivity contribution < 1.29 is 14.3 Å². The van der Waals surface area contributed by atoms with Crippen molar-refractivity contribution in [2.45, 2.75) is 32.3 Å². The highest BCUT2D eigenvalue weighted by Crippen LogP contribution is 2.37. The molecule has 1 amide bonds. The Bertz CT molecular complexity index is 724. The van der Waals surface area contributed by atoms with Gasteiger partial charge in [-0.2, -0.15) is 0 Å². The van der Waals surface area contributed by atoms with Crippen molar-refractivity contribution in [2.24, 2.45) is 5.73 Å². The van der Waals surface area contributed by atoms with Gasteiger partial charge >= 0.3 is 6.09 Å². The molecule has 0 saturated carbocycles. The van der Waals surface area contributed by atoms with Gasteiger partial charge in [0, 0.05) is 12.0 Å². The fourth-order valence-electron chi connectivity index (χ4n) is 2.88.